The molecule has 0 aliphatic heterocycles. The molecule has 1 aromatic carbocycles. The second kappa shape index (κ2) is 5.61. The highest BCUT2D eigenvalue weighted by Crippen LogP contribution is 2.09. The van der Waals surface area contributed by atoms with Crippen molar-refractivity contribution in [1.29, 1.82) is 0 Å². The average Bonchev–Trinajstić information content (AvgIpc) is 2.26. The van der Waals surface area contributed by atoms with Crippen molar-refractivity contribution in [3.05, 3.63) is 42.0 Å². The molecular formula is C12H14O3S. The molecule has 0 saturated carbocycles. The molecule has 0 fully saturated rings. The van der Waals surface area contributed by atoms with Gasteiger partial charge >= 0.3 is 5.97 Å². The van der Waals surface area contributed by atoms with Gasteiger partial charge in [-0.3, -0.25) is 4.21 Å². The minimum atomic E-state index is -0.979. The van der Waals surface area contributed by atoms with Gasteiger partial charge in [0, 0.05) is 27.5 Å². The molecule has 1 atom stereocenters. The molecule has 0 N–H and O–H groups in total. The molecule has 0 heterocycles. The summed E-state index contributed by atoms with van der Waals surface area (Å²) in [6.45, 7) is 5.30. The topological polar surface area (TPSA) is 43.4 Å². The Morgan fingerprint density at radius 3 is 2.38 bits per heavy atom. The number of carbonyl (C=O) groups excluding carboxylic acids is 1. The maximum absolute atomic E-state index is 11.1. The van der Waals surface area contributed by atoms with E-state index in [2.05, 4.69) is 6.58 Å². The van der Waals surface area contributed by atoms with Crippen molar-refractivity contribution in [2.75, 3.05) is 6.26 Å². The third kappa shape index (κ3) is 3.62. The van der Waals surface area contributed by atoms with Gasteiger partial charge in [-0.1, -0.05) is 18.7 Å². The van der Waals surface area contributed by atoms with Gasteiger partial charge < -0.3 is 4.74 Å². The summed E-state index contributed by atoms with van der Waals surface area (Å²) >= 11 is 0. The van der Waals surface area contributed by atoms with Crippen LogP contribution in [0.4, 0.5) is 0 Å². The highest BCUT2D eigenvalue weighted by atomic mass is 32.2. The maximum Gasteiger partial charge on any atom is 0.333 e. The van der Waals surface area contributed by atoms with Gasteiger partial charge in [-0.25, -0.2) is 4.79 Å². The van der Waals surface area contributed by atoms with E-state index in [0.717, 1.165) is 10.5 Å². The van der Waals surface area contributed by atoms with E-state index >= 15 is 0 Å². The summed E-state index contributed by atoms with van der Waals surface area (Å²) in [5, 5.41) is 0. The van der Waals surface area contributed by atoms with E-state index < -0.39 is 16.8 Å². The second-order valence-corrected chi connectivity index (χ2v) is 4.83. The van der Waals surface area contributed by atoms with Crippen LogP contribution in [0.1, 0.15) is 12.5 Å². The van der Waals surface area contributed by atoms with Crippen LogP contribution < -0.4 is 0 Å². The van der Waals surface area contributed by atoms with E-state index in [1.165, 1.54) is 0 Å². The Kier molecular flexibility index (Phi) is 4.43. The highest BCUT2D eigenvalue weighted by Gasteiger charge is 2.03. The number of carbonyl (C=O) groups is 1. The number of ether oxygens (including phenoxy) is 1. The fourth-order valence-corrected chi connectivity index (χ4v) is 1.57. The van der Waals surface area contributed by atoms with Crippen LogP contribution in [0.25, 0.3) is 0 Å². The summed E-state index contributed by atoms with van der Waals surface area (Å²) in [7, 11) is -0.979. The lowest BCUT2D eigenvalue weighted by Gasteiger charge is -2.04. The third-order valence-electron chi connectivity index (χ3n) is 1.97. The number of hydrogen-bond donors (Lipinski definition) is 0. The van der Waals surface area contributed by atoms with Crippen LogP contribution in [0.5, 0.6) is 0 Å². The summed E-state index contributed by atoms with van der Waals surface area (Å²) in [6, 6.07) is 7.12. The Morgan fingerprint density at radius 1 is 1.38 bits per heavy atom. The number of esters is 1. The van der Waals surface area contributed by atoms with Crippen molar-refractivity contribution in [2.24, 2.45) is 0 Å². The van der Waals surface area contributed by atoms with Crippen molar-refractivity contribution in [1.82, 2.24) is 0 Å². The lowest BCUT2D eigenvalue weighted by atomic mass is 10.2. The third-order valence-corrected chi connectivity index (χ3v) is 2.91. The molecule has 1 aromatic rings. The second-order valence-electron chi connectivity index (χ2n) is 3.45. The van der Waals surface area contributed by atoms with Crippen LogP contribution >= 0.6 is 0 Å². The summed E-state index contributed by atoms with van der Waals surface area (Å²) in [4.78, 5) is 11.9. The molecule has 0 aliphatic rings. The number of hydrogen-bond acceptors (Lipinski definition) is 3. The molecule has 86 valence electrons. The summed E-state index contributed by atoms with van der Waals surface area (Å²) < 4.78 is 16.1. The Balaban J connectivity index is 2.59. The Morgan fingerprint density at radius 2 is 1.94 bits per heavy atom. The molecule has 4 heteroatoms. The van der Waals surface area contributed by atoms with Crippen molar-refractivity contribution in [2.45, 2.75) is 18.4 Å². The summed E-state index contributed by atoms with van der Waals surface area (Å²) in [6.07, 6.45) is 1.62. The molecule has 16 heavy (non-hydrogen) atoms. The van der Waals surface area contributed by atoms with Gasteiger partial charge in [-0.05, 0) is 24.6 Å². The van der Waals surface area contributed by atoms with Crippen molar-refractivity contribution in [3.63, 3.8) is 0 Å². The molecular weight excluding hydrogens is 224 g/mol. The first-order valence-corrected chi connectivity index (χ1v) is 6.31. The van der Waals surface area contributed by atoms with E-state index in [1.54, 1.807) is 37.4 Å². The molecule has 0 bridgehead atoms. The van der Waals surface area contributed by atoms with Crippen LogP contribution in [0.15, 0.2) is 41.3 Å². The predicted octanol–water partition coefficient (Wildman–Crippen LogP) is 2.04. The zero-order chi connectivity index (χ0) is 12.1. The SMILES string of the molecule is C=C(C)C(=O)OCc1ccc(S(C)=O)cc1. The zero-order valence-corrected chi connectivity index (χ0v) is 10.2. The van der Waals surface area contributed by atoms with Gasteiger partial charge in [0.15, 0.2) is 0 Å². The van der Waals surface area contributed by atoms with Gasteiger partial charge in [0.25, 0.3) is 0 Å². The van der Waals surface area contributed by atoms with Gasteiger partial charge in [-0.2, -0.15) is 0 Å². The summed E-state index contributed by atoms with van der Waals surface area (Å²) in [5.41, 5.74) is 1.25. The normalized spacial score (nSPS) is 11.9. The van der Waals surface area contributed by atoms with Gasteiger partial charge in [0.2, 0.25) is 0 Å². The Labute approximate surface area is 97.6 Å². The monoisotopic (exact) mass is 238 g/mol. The van der Waals surface area contributed by atoms with Gasteiger partial charge in [-0.15, -0.1) is 0 Å². The Bertz CT molecular complexity index is 420. The first-order valence-electron chi connectivity index (χ1n) is 4.75. The molecule has 0 aliphatic carbocycles. The smallest absolute Gasteiger partial charge is 0.333 e. The first-order chi connectivity index (χ1) is 7.50. The van der Waals surface area contributed by atoms with Crippen LogP contribution in [-0.2, 0) is 26.9 Å². The largest absolute Gasteiger partial charge is 0.457 e. The van der Waals surface area contributed by atoms with Gasteiger partial charge in [0.05, 0.1) is 0 Å². The standard InChI is InChI=1S/C12H14O3S/c1-9(2)12(13)15-8-10-4-6-11(7-5-10)16(3)14/h4-7H,1,8H2,2-3H3. The van der Waals surface area contributed by atoms with E-state index in [4.69, 9.17) is 4.74 Å². The van der Waals surface area contributed by atoms with Crippen molar-refractivity contribution < 1.29 is 13.7 Å². The van der Waals surface area contributed by atoms with E-state index in [1.807, 2.05) is 0 Å². The molecule has 1 unspecified atom stereocenters. The van der Waals surface area contributed by atoms with Crippen LogP contribution in [0.2, 0.25) is 0 Å². The lowest BCUT2D eigenvalue weighted by Crippen LogP contribution is -2.04. The highest BCUT2D eigenvalue weighted by molar-refractivity contribution is 7.84. The molecule has 0 amide bonds. The van der Waals surface area contributed by atoms with Crippen LogP contribution in [-0.4, -0.2) is 16.4 Å². The van der Waals surface area contributed by atoms with E-state index in [0.29, 0.717) is 5.57 Å². The molecule has 0 radical (unpaired) electrons. The quantitative estimate of drug-likeness (QED) is 0.595. The van der Waals surface area contributed by atoms with Crippen molar-refractivity contribution >= 4 is 16.8 Å². The molecule has 3 nitrogen and oxygen atoms in total. The number of rotatable bonds is 4. The Hall–Kier alpha value is -1.42. The average molecular weight is 238 g/mol. The van der Waals surface area contributed by atoms with E-state index in [9.17, 15) is 9.00 Å². The fraction of sp³-hybridized carbons (Fsp3) is 0.250. The van der Waals surface area contributed by atoms with Gasteiger partial charge in [0.1, 0.15) is 6.61 Å². The predicted molar refractivity (Wildman–Crippen MR) is 63.4 cm³/mol. The molecule has 1 rings (SSSR count). The summed E-state index contributed by atoms with van der Waals surface area (Å²) in [5.74, 6) is -0.400. The fourth-order valence-electron chi connectivity index (χ4n) is 1.05. The number of benzene rings is 1. The minimum absolute atomic E-state index is 0.211. The van der Waals surface area contributed by atoms with Crippen LogP contribution in [0.3, 0.4) is 0 Å². The van der Waals surface area contributed by atoms with Crippen molar-refractivity contribution in [3.8, 4) is 0 Å². The molecule has 0 spiro atoms. The maximum atomic E-state index is 11.1. The minimum Gasteiger partial charge on any atom is -0.457 e. The van der Waals surface area contributed by atoms with E-state index in [-0.39, 0.29) is 6.61 Å². The molecule has 0 aromatic heterocycles. The van der Waals surface area contributed by atoms with Crippen LogP contribution in [0, 0.1) is 0 Å². The first kappa shape index (κ1) is 12.6. The zero-order valence-electron chi connectivity index (χ0n) is 9.36. The molecule has 0 saturated heterocycles. The lowest BCUT2D eigenvalue weighted by molar-refractivity contribution is -0.140.